The summed E-state index contributed by atoms with van der Waals surface area (Å²) in [5.41, 5.74) is 0.677. The van der Waals surface area contributed by atoms with E-state index in [9.17, 15) is 4.79 Å². The number of urea groups is 1. The lowest BCUT2D eigenvalue weighted by Crippen LogP contribution is -2.55. The van der Waals surface area contributed by atoms with Gasteiger partial charge in [0.15, 0.2) is 0 Å². The molecule has 2 heterocycles. The van der Waals surface area contributed by atoms with Crippen LogP contribution < -0.4 is 5.32 Å². The number of nitrogens with one attached hydrogen (secondary N) is 1. The molecule has 5 nitrogen and oxygen atoms in total. The lowest BCUT2D eigenvalue weighted by atomic mass is 9.94. The number of morpholine rings is 1. The first-order chi connectivity index (χ1) is 10.7. The van der Waals surface area contributed by atoms with Gasteiger partial charge < -0.3 is 19.7 Å². The van der Waals surface area contributed by atoms with Crippen LogP contribution in [0.15, 0.2) is 11.4 Å². The minimum absolute atomic E-state index is 0.0682. The van der Waals surface area contributed by atoms with Crippen molar-refractivity contribution in [2.45, 2.75) is 31.4 Å². The molecule has 0 bridgehead atoms. The third-order valence-electron chi connectivity index (χ3n) is 4.59. The van der Waals surface area contributed by atoms with Crippen molar-refractivity contribution < 1.29 is 14.3 Å². The van der Waals surface area contributed by atoms with Gasteiger partial charge in [0.1, 0.15) is 4.34 Å². The summed E-state index contributed by atoms with van der Waals surface area (Å²) in [5.74, 6) is 0.342. The Morgan fingerprint density at radius 3 is 3.14 bits per heavy atom. The molecule has 1 aliphatic carbocycles. The fourth-order valence-corrected chi connectivity index (χ4v) is 4.32. The zero-order valence-corrected chi connectivity index (χ0v) is 14.2. The van der Waals surface area contributed by atoms with Crippen molar-refractivity contribution in [3.63, 3.8) is 0 Å². The van der Waals surface area contributed by atoms with Gasteiger partial charge in [-0.15, -0.1) is 11.3 Å². The summed E-state index contributed by atoms with van der Waals surface area (Å²) in [6.45, 7) is 1.76. The van der Waals surface area contributed by atoms with Crippen molar-refractivity contribution >= 4 is 34.7 Å². The van der Waals surface area contributed by atoms with Gasteiger partial charge in [0.05, 0.1) is 31.0 Å². The molecule has 3 rings (SSSR count). The first kappa shape index (κ1) is 16.1. The Balaban J connectivity index is 1.72. The first-order valence-electron chi connectivity index (χ1n) is 7.62. The van der Waals surface area contributed by atoms with E-state index in [0.717, 1.165) is 19.3 Å². The van der Waals surface area contributed by atoms with Crippen LogP contribution >= 0.6 is 22.9 Å². The third-order valence-corrected chi connectivity index (χ3v) is 5.76. The predicted octanol–water partition coefficient (Wildman–Crippen LogP) is 3.45. The molecule has 1 aromatic heterocycles. The van der Waals surface area contributed by atoms with Crippen molar-refractivity contribution in [2.24, 2.45) is 5.92 Å². The van der Waals surface area contributed by atoms with Crippen LogP contribution in [0.1, 0.15) is 19.3 Å². The van der Waals surface area contributed by atoms with Crippen molar-refractivity contribution in [2.75, 3.05) is 32.2 Å². The van der Waals surface area contributed by atoms with E-state index in [1.54, 1.807) is 7.11 Å². The number of ether oxygens (including phenoxy) is 2. The van der Waals surface area contributed by atoms with Gasteiger partial charge in [-0.2, -0.15) is 0 Å². The maximum atomic E-state index is 12.6. The Labute approximate surface area is 139 Å². The maximum Gasteiger partial charge on any atom is 0.322 e. The first-order valence-corrected chi connectivity index (χ1v) is 8.87. The fraction of sp³-hybridized carbons (Fsp3) is 0.667. The molecule has 0 aromatic carbocycles. The molecule has 1 aliphatic heterocycles. The number of anilines is 1. The van der Waals surface area contributed by atoms with Gasteiger partial charge in [0, 0.05) is 19.6 Å². The van der Waals surface area contributed by atoms with Gasteiger partial charge in [-0.3, -0.25) is 0 Å². The molecule has 0 unspecified atom stereocenters. The second-order valence-electron chi connectivity index (χ2n) is 5.74. The Morgan fingerprint density at radius 2 is 2.41 bits per heavy atom. The smallest absolute Gasteiger partial charge is 0.322 e. The van der Waals surface area contributed by atoms with Crippen LogP contribution in [0.5, 0.6) is 0 Å². The molecule has 0 radical (unpaired) electrons. The number of carbonyl (C=O) groups excluding carboxylic acids is 1. The van der Waals surface area contributed by atoms with Crippen LogP contribution in [0.2, 0.25) is 4.34 Å². The summed E-state index contributed by atoms with van der Waals surface area (Å²) in [5, 5.41) is 4.78. The molecule has 2 fully saturated rings. The number of rotatable bonds is 3. The summed E-state index contributed by atoms with van der Waals surface area (Å²) >= 11 is 7.48. The summed E-state index contributed by atoms with van der Waals surface area (Å²) in [7, 11) is 1.75. The highest BCUT2D eigenvalue weighted by Gasteiger charge is 2.40. The van der Waals surface area contributed by atoms with Gasteiger partial charge in [-0.1, -0.05) is 18.0 Å². The number of methoxy groups -OCH3 is 1. The normalized spacial score (nSPS) is 28.8. The SMILES string of the molecule is CO[C@@H]1CCC[C@H]1[C@@H]1COCCN1C(=O)Nc1ccsc1Cl. The van der Waals surface area contributed by atoms with Gasteiger partial charge in [-0.05, 0) is 24.3 Å². The summed E-state index contributed by atoms with van der Waals surface area (Å²) in [4.78, 5) is 14.5. The van der Waals surface area contributed by atoms with Gasteiger partial charge in [0.2, 0.25) is 0 Å². The molecule has 1 saturated carbocycles. The van der Waals surface area contributed by atoms with E-state index in [-0.39, 0.29) is 18.2 Å². The predicted molar refractivity (Wildman–Crippen MR) is 87.8 cm³/mol. The highest BCUT2D eigenvalue weighted by molar-refractivity contribution is 7.15. The number of nitrogens with zero attached hydrogens (tertiary/aromatic N) is 1. The summed E-state index contributed by atoms with van der Waals surface area (Å²) in [6.07, 6.45) is 3.50. The number of hydrogen-bond donors (Lipinski definition) is 1. The van der Waals surface area contributed by atoms with Crippen LogP contribution in [0, 0.1) is 5.92 Å². The lowest BCUT2D eigenvalue weighted by Gasteiger charge is -2.40. The van der Waals surface area contributed by atoms with E-state index >= 15 is 0 Å². The Morgan fingerprint density at radius 1 is 1.55 bits per heavy atom. The minimum Gasteiger partial charge on any atom is -0.381 e. The number of amides is 2. The molecule has 0 spiro atoms. The number of hydrogen-bond acceptors (Lipinski definition) is 4. The topological polar surface area (TPSA) is 50.8 Å². The van der Waals surface area contributed by atoms with Gasteiger partial charge in [0.25, 0.3) is 0 Å². The highest BCUT2D eigenvalue weighted by atomic mass is 35.5. The quantitative estimate of drug-likeness (QED) is 0.913. The maximum absolute atomic E-state index is 12.6. The molecule has 2 aliphatic rings. The third kappa shape index (κ3) is 3.25. The van der Waals surface area contributed by atoms with E-state index in [1.807, 2.05) is 16.3 Å². The van der Waals surface area contributed by atoms with E-state index < -0.39 is 0 Å². The van der Waals surface area contributed by atoms with Crippen molar-refractivity contribution in [1.82, 2.24) is 4.90 Å². The van der Waals surface area contributed by atoms with E-state index in [0.29, 0.717) is 35.7 Å². The van der Waals surface area contributed by atoms with Crippen LogP contribution in [-0.4, -0.2) is 49.9 Å². The van der Waals surface area contributed by atoms with E-state index in [4.69, 9.17) is 21.1 Å². The second kappa shape index (κ2) is 7.17. The fourth-order valence-electron chi connectivity index (χ4n) is 3.49. The number of carbonyl (C=O) groups is 1. The van der Waals surface area contributed by atoms with Crippen LogP contribution in [-0.2, 0) is 9.47 Å². The molecule has 2 amide bonds. The number of thiophene rings is 1. The zero-order chi connectivity index (χ0) is 15.5. The highest BCUT2D eigenvalue weighted by Crippen LogP contribution is 2.34. The molecule has 122 valence electrons. The Hall–Kier alpha value is -0.820. The van der Waals surface area contributed by atoms with Crippen LogP contribution in [0.4, 0.5) is 10.5 Å². The van der Waals surface area contributed by atoms with Crippen molar-refractivity contribution in [3.05, 3.63) is 15.8 Å². The molecule has 7 heteroatoms. The number of halogens is 1. The monoisotopic (exact) mass is 344 g/mol. The Bertz CT molecular complexity index is 525. The molecular weight excluding hydrogens is 324 g/mol. The molecule has 1 saturated heterocycles. The average molecular weight is 345 g/mol. The van der Waals surface area contributed by atoms with Crippen LogP contribution in [0.3, 0.4) is 0 Å². The molecule has 1 N–H and O–H groups in total. The molecule has 22 heavy (non-hydrogen) atoms. The Kier molecular flexibility index (Phi) is 5.23. The minimum atomic E-state index is -0.102. The van der Waals surface area contributed by atoms with Crippen molar-refractivity contribution in [1.29, 1.82) is 0 Å². The second-order valence-corrected chi connectivity index (χ2v) is 7.26. The molecular formula is C15H21ClN2O3S. The van der Waals surface area contributed by atoms with Gasteiger partial charge >= 0.3 is 6.03 Å². The average Bonchev–Trinajstić information content (AvgIpc) is 3.16. The zero-order valence-electron chi connectivity index (χ0n) is 12.6. The van der Waals surface area contributed by atoms with E-state index in [2.05, 4.69) is 5.32 Å². The summed E-state index contributed by atoms with van der Waals surface area (Å²) < 4.78 is 11.8. The van der Waals surface area contributed by atoms with Crippen molar-refractivity contribution in [3.8, 4) is 0 Å². The summed E-state index contributed by atoms with van der Waals surface area (Å²) in [6, 6.07) is 1.79. The van der Waals surface area contributed by atoms with E-state index in [1.165, 1.54) is 11.3 Å². The largest absolute Gasteiger partial charge is 0.381 e. The molecule has 1 aromatic rings. The lowest BCUT2D eigenvalue weighted by molar-refractivity contribution is -0.0379. The van der Waals surface area contributed by atoms with Gasteiger partial charge in [-0.25, -0.2) is 4.79 Å². The van der Waals surface area contributed by atoms with Crippen LogP contribution in [0.25, 0.3) is 0 Å². The standard InChI is InChI=1S/C15H21ClN2O3S/c1-20-13-4-2-3-10(13)12-9-21-7-6-18(12)15(19)17-11-5-8-22-14(11)16/h5,8,10,12-13H,2-4,6-7,9H2,1H3,(H,17,19)/t10-,12-,13+/m0/s1. The molecule has 3 atom stereocenters.